The molecule has 0 saturated heterocycles. The van der Waals surface area contributed by atoms with Gasteiger partial charge in [0.2, 0.25) is 0 Å². The average molecular weight is 633 g/mol. The molecular formula is C44H49BN2O. The summed E-state index contributed by atoms with van der Waals surface area (Å²) in [6, 6.07) is 25.9. The Morgan fingerprint density at radius 2 is 1.44 bits per heavy atom. The third-order valence-electron chi connectivity index (χ3n) is 12.8. The predicted molar refractivity (Wildman–Crippen MR) is 205 cm³/mol. The maximum absolute atomic E-state index is 7.13. The van der Waals surface area contributed by atoms with E-state index >= 15 is 0 Å². The SMILES string of the molecule is Cc1cc2c3c(c1)N1c4c(cc(C(C)(C)C)cc4C4(C)CCCCC14C)B3c1oc3ccccc3c1N2c1ccc(C(C)(C)C)cc1C. The van der Waals surface area contributed by atoms with Crippen LogP contribution < -0.4 is 26.4 Å². The number of para-hydroxylation sites is 1. The summed E-state index contributed by atoms with van der Waals surface area (Å²) >= 11 is 0. The highest BCUT2D eigenvalue weighted by Crippen LogP contribution is 2.62. The predicted octanol–water partition coefficient (Wildman–Crippen LogP) is 10.00. The first-order valence-corrected chi connectivity index (χ1v) is 18.2. The molecule has 9 rings (SSSR count). The van der Waals surface area contributed by atoms with Crippen molar-refractivity contribution >= 4 is 62.7 Å². The summed E-state index contributed by atoms with van der Waals surface area (Å²) in [6.07, 6.45) is 4.98. The van der Waals surface area contributed by atoms with Crippen LogP contribution in [-0.2, 0) is 16.2 Å². The molecule has 1 aliphatic carbocycles. The van der Waals surface area contributed by atoms with Crippen LogP contribution in [0.1, 0.15) is 109 Å². The molecule has 2 atom stereocenters. The van der Waals surface area contributed by atoms with Gasteiger partial charge in [0.25, 0.3) is 6.71 Å². The summed E-state index contributed by atoms with van der Waals surface area (Å²) in [4.78, 5) is 5.39. The number of hydrogen-bond acceptors (Lipinski definition) is 3. The Labute approximate surface area is 287 Å². The van der Waals surface area contributed by atoms with E-state index < -0.39 is 0 Å². The van der Waals surface area contributed by atoms with E-state index in [4.69, 9.17) is 4.42 Å². The van der Waals surface area contributed by atoms with Gasteiger partial charge in [-0.15, -0.1) is 0 Å². The van der Waals surface area contributed by atoms with Crippen LogP contribution in [0.4, 0.5) is 28.4 Å². The van der Waals surface area contributed by atoms with Crippen molar-refractivity contribution < 1.29 is 4.42 Å². The molecule has 0 spiro atoms. The van der Waals surface area contributed by atoms with Gasteiger partial charge in [-0.3, -0.25) is 0 Å². The zero-order valence-electron chi connectivity index (χ0n) is 30.6. The number of benzene rings is 4. The summed E-state index contributed by atoms with van der Waals surface area (Å²) in [6.45, 7) is 23.8. The molecule has 5 aromatic rings. The van der Waals surface area contributed by atoms with Gasteiger partial charge in [-0.1, -0.05) is 97.7 Å². The van der Waals surface area contributed by atoms with Crippen molar-refractivity contribution in [1.82, 2.24) is 0 Å². The third-order valence-corrected chi connectivity index (χ3v) is 12.8. The summed E-state index contributed by atoms with van der Waals surface area (Å²) in [5.41, 5.74) is 18.5. The van der Waals surface area contributed by atoms with E-state index in [1.54, 1.807) is 5.56 Å². The van der Waals surface area contributed by atoms with Crippen LogP contribution >= 0.6 is 0 Å². The average Bonchev–Trinajstić information content (AvgIpc) is 3.49. The molecule has 4 heterocycles. The monoisotopic (exact) mass is 632 g/mol. The molecule has 0 amide bonds. The van der Waals surface area contributed by atoms with E-state index in [-0.39, 0.29) is 28.5 Å². The van der Waals surface area contributed by atoms with Gasteiger partial charge in [0.15, 0.2) is 0 Å². The number of anilines is 5. The van der Waals surface area contributed by atoms with Gasteiger partial charge in [0, 0.05) is 33.6 Å². The molecule has 1 aromatic heterocycles. The van der Waals surface area contributed by atoms with E-state index in [1.807, 2.05) is 0 Å². The van der Waals surface area contributed by atoms with Crippen LogP contribution in [0.25, 0.3) is 11.0 Å². The minimum Gasteiger partial charge on any atom is -0.468 e. The molecule has 4 aliphatic rings. The van der Waals surface area contributed by atoms with E-state index in [2.05, 4.69) is 146 Å². The van der Waals surface area contributed by atoms with Crippen molar-refractivity contribution in [2.75, 3.05) is 9.80 Å². The summed E-state index contributed by atoms with van der Waals surface area (Å²) in [5, 5.41) is 1.18. The lowest BCUT2D eigenvalue weighted by Crippen LogP contribution is -2.64. The van der Waals surface area contributed by atoms with Crippen molar-refractivity contribution in [3.63, 3.8) is 0 Å². The van der Waals surface area contributed by atoms with Gasteiger partial charge in [0.05, 0.1) is 16.9 Å². The molecule has 0 bridgehead atoms. The van der Waals surface area contributed by atoms with Gasteiger partial charge in [-0.05, 0) is 114 Å². The minimum atomic E-state index is -0.00533. The van der Waals surface area contributed by atoms with Crippen LogP contribution in [0.15, 0.2) is 71.1 Å². The Balaban J connectivity index is 1.43. The Morgan fingerprint density at radius 1 is 0.729 bits per heavy atom. The van der Waals surface area contributed by atoms with Crippen LogP contribution in [0.2, 0.25) is 0 Å². The highest BCUT2D eigenvalue weighted by atomic mass is 16.3. The molecular weight excluding hydrogens is 583 g/mol. The Kier molecular flexibility index (Phi) is 5.91. The fourth-order valence-electron chi connectivity index (χ4n) is 9.96. The highest BCUT2D eigenvalue weighted by molar-refractivity contribution is 7.00. The highest BCUT2D eigenvalue weighted by Gasteiger charge is 2.62. The molecule has 4 aromatic carbocycles. The van der Waals surface area contributed by atoms with Crippen molar-refractivity contribution in [3.05, 3.63) is 94.5 Å². The largest absolute Gasteiger partial charge is 0.468 e. The van der Waals surface area contributed by atoms with Gasteiger partial charge in [0.1, 0.15) is 5.58 Å². The first-order valence-electron chi connectivity index (χ1n) is 18.2. The van der Waals surface area contributed by atoms with Crippen molar-refractivity contribution in [3.8, 4) is 0 Å². The minimum absolute atomic E-state index is 0.00533. The number of nitrogens with zero attached hydrogens (tertiary/aromatic N) is 2. The van der Waals surface area contributed by atoms with E-state index in [1.165, 1.54) is 92.7 Å². The standard InChI is InChI=1S/C44H49BN2O/c1-26-21-34-37-35(22-26)47-39-31(43(9)19-13-14-20-44(43,47)10)24-29(42(6,7)8)25-32(39)45(37)40-38(30-15-11-12-16-36(30)48-40)46(34)33-18-17-28(23-27(33)2)41(3,4)5/h11-12,15-18,21-25H,13-14,19-20H2,1-10H3. The maximum atomic E-state index is 7.13. The number of furan rings is 1. The number of hydrogen-bond donors (Lipinski definition) is 0. The zero-order valence-corrected chi connectivity index (χ0v) is 30.6. The fraction of sp³-hybridized carbons (Fsp3) is 0.409. The second-order valence-corrected chi connectivity index (χ2v) is 17.9. The lowest BCUT2D eigenvalue weighted by molar-refractivity contribution is 0.195. The zero-order chi connectivity index (χ0) is 33.7. The molecule has 1 saturated carbocycles. The van der Waals surface area contributed by atoms with Gasteiger partial charge < -0.3 is 14.2 Å². The first kappa shape index (κ1) is 30.2. The molecule has 244 valence electrons. The van der Waals surface area contributed by atoms with Crippen LogP contribution in [0.3, 0.4) is 0 Å². The van der Waals surface area contributed by atoms with Gasteiger partial charge in [-0.25, -0.2) is 0 Å². The van der Waals surface area contributed by atoms with Crippen LogP contribution in [0, 0.1) is 13.8 Å². The van der Waals surface area contributed by atoms with Gasteiger partial charge >= 0.3 is 0 Å². The summed E-state index contributed by atoms with van der Waals surface area (Å²) < 4.78 is 7.13. The second-order valence-electron chi connectivity index (χ2n) is 17.9. The lowest BCUT2D eigenvalue weighted by atomic mass is 9.35. The Bertz CT molecular complexity index is 2190. The molecule has 3 aliphatic heterocycles. The first-order chi connectivity index (χ1) is 22.6. The lowest BCUT2D eigenvalue weighted by Gasteiger charge is -2.52. The van der Waals surface area contributed by atoms with Crippen molar-refractivity contribution in [1.29, 1.82) is 0 Å². The van der Waals surface area contributed by atoms with Crippen molar-refractivity contribution in [2.24, 2.45) is 0 Å². The molecule has 1 fully saturated rings. The summed E-state index contributed by atoms with van der Waals surface area (Å²) in [5.74, 6) is 0. The molecule has 4 heteroatoms. The molecule has 3 nitrogen and oxygen atoms in total. The topological polar surface area (TPSA) is 19.6 Å². The smallest absolute Gasteiger partial charge is 0.297 e. The van der Waals surface area contributed by atoms with E-state index in [0.29, 0.717) is 0 Å². The van der Waals surface area contributed by atoms with Gasteiger partial charge in [-0.2, -0.15) is 0 Å². The molecule has 0 N–H and O–H groups in total. The Morgan fingerprint density at radius 3 is 2.17 bits per heavy atom. The van der Waals surface area contributed by atoms with Crippen molar-refractivity contribution in [2.45, 2.75) is 117 Å². The molecule has 0 radical (unpaired) electrons. The fourth-order valence-corrected chi connectivity index (χ4v) is 9.96. The molecule has 2 unspecified atom stereocenters. The second kappa shape index (κ2) is 9.40. The molecule has 48 heavy (non-hydrogen) atoms. The number of fused-ring (bicyclic) bond motifs is 9. The number of aryl methyl sites for hydroxylation is 2. The maximum Gasteiger partial charge on any atom is 0.297 e. The quantitative estimate of drug-likeness (QED) is 0.168. The summed E-state index contributed by atoms with van der Waals surface area (Å²) in [7, 11) is 0. The van der Waals surface area contributed by atoms with E-state index in [0.717, 1.165) is 11.2 Å². The third kappa shape index (κ3) is 3.73. The van der Waals surface area contributed by atoms with E-state index in [9.17, 15) is 0 Å². The van der Waals surface area contributed by atoms with Crippen LogP contribution in [-0.4, -0.2) is 12.3 Å². The Hall–Kier alpha value is -3.92. The van der Waals surface area contributed by atoms with Crippen LogP contribution in [0.5, 0.6) is 0 Å². The number of rotatable bonds is 1. The normalized spacial score (nSPS) is 22.5.